The molecule has 0 atom stereocenters. The van der Waals surface area contributed by atoms with Gasteiger partial charge in [0.15, 0.2) is 0 Å². The molecule has 4 heteroatoms. The van der Waals surface area contributed by atoms with E-state index in [1.807, 2.05) is 6.07 Å². The Hall–Kier alpha value is -1.42. The topological polar surface area (TPSA) is 50.2 Å². The van der Waals surface area contributed by atoms with E-state index in [2.05, 4.69) is 20.9 Å². The number of carboxylic acid groups (broad SMARTS) is 1. The number of benzene rings is 1. The van der Waals surface area contributed by atoms with E-state index >= 15 is 0 Å². The number of hydrogen-bond acceptors (Lipinski definition) is 2. The highest BCUT2D eigenvalue weighted by Crippen LogP contribution is 2.25. The van der Waals surface area contributed by atoms with Crippen LogP contribution in [0.5, 0.6) is 0 Å². The maximum atomic E-state index is 11.0. The number of fused-ring (bicyclic) bond motifs is 1. The van der Waals surface area contributed by atoms with Crippen LogP contribution in [0, 0.1) is 0 Å². The summed E-state index contributed by atoms with van der Waals surface area (Å²) in [7, 11) is 0. The molecule has 0 amide bonds. The number of hydrogen-bond donors (Lipinski definition) is 1. The molecular formula is C10H6BrNO2. The third-order valence-electron chi connectivity index (χ3n) is 1.98. The van der Waals surface area contributed by atoms with E-state index in [-0.39, 0.29) is 5.56 Å². The van der Waals surface area contributed by atoms with Gasteiger partial charge >= 0.3 is 5.97 Å². The van der Waals surface area contributed by atoms with Crippen molar-refractivity contribution < 1.29 is 9.90 Å². The molecule has 0 fully saturated rings. The summed E-state index contributed by atoms with van der Waals surface area (Å²) in [5.41, 5.74) is 0.282. The molecule has 14 heavy (non-hydrogen) atoms. The predicted octanol–water partition coefficient (Wildman–Crippen LogP) is 2.70. The van der Waals surface area contributed by atoms with E-state index in [0.29, 0.717) is 9.86 Å². The van der Waals surface area contributed by atoms with Crippen LogP contribution in [0.15, 0.2) is 35.1 Å². The SMILES string of the molecule is O=C(O)c1c(Br)ccc2cnccc12. The van der Waals surface area contributed by atoms with E-state index in [1.165, 1.54) is 0 Å². The molecule has 0 radical (unpaired) electrons. The van der Waals surface area contributed by atoms with Gasteiger partial charge in [0.05, 0.1) is 5.56 Å². The van der Waals surface area contributed by atoms with Gasteiger partial charge in [-0.2, -0.15) is 0 Å². The summed E-state index contributed by atoms with van der Waals surface area (Å²) >= 11 is 3.22. The number of nitrogens with zero attached hydrogens (tertiary/aromatic N) is 1. The molecule has 0 spiro atoms. The largest absolute Gasteiger partial charge is 0.478 e. The minimum atomic E-state index is -0.936. The zero-order valence-electron chi connectivity index (χ0n) is 7.07. The highest BCUT2D eigenvalue weighted by Gasteiger charge is 2.12. The van der Waals surface area contributed by atoms with Crippen molar-refractivity contribution >= 4 is 32.7 Å². The van der Waals surface area contributed by atoms with Crippen LogP contribution >= 0.6 is 15.9 Å². The molecule has 0 aliphatic carbocycles. The first-order valence-electron chi connectivity index (χ1n) is 3.95. The van der Waals surface area contributed by atoms with Crippen molar-refractivity contribution in [3.8, 4) is 0 Å². The van der Waals surface area contributed by atoms with Crippen molar-refractivity contribution in [2.45, 2.75) is 0 Å². The monoisotopic (exact) mass is 251 g/mol. The van der Waals surface area contributed by atoms with E-state index in [0.717, 1.165) is 5.39 Å². The Labute approximate surface area is 88.5 Å². The summed E-state index contributed by atoms with van der Waals surface area (Å²) in [6, 6.07) is 5.25. The fraction of sp³-hybridized carbons (Fsp3) is 0. The third kappa shape index (κ3) is 1.37. The molecule has 0 saturated carbocycles. The minimum absolute atomic E-state index is 0.282. The molecular weight excluding hydrogens is 246 g/mol. The van der Waals surface area contributed by atoms with Gasteiger partial charge in [-0.25, -0.2) is 4.79 Å². The van der Waals surface area contributed by atoms with Crippen LogP contribution in [-0.2, 0) is 0 Å². The van der Waals surface area contributed by atoms with E-state index in [1.54, 1.807) is 24.5 Å². The molecule has 3 nitrogen and oxygen atoms in total. The quantitative estimate of drug-likeness (QED) is 0.848. The number of aromatic nitrogens is 1. The Morgan fingerprint density at radius 1 is 1.36 bits per heavy atom. The smallest absolute Gasteiger partial charge is 0.337 e. The Bertz CT molecular complexity index is 510. The van der Waals surface area contributed by atoms with Gasteiger partial charge in [-0.1, -0.05) is 6.07 Å². The normalized spacial score (nSPS) is 10.4. The second-order valence-corrected chi connectivity index (χ2v) is 3.68. The molecule has 1 N–H and O–H groups in total. The minimum Gasteiger partial charge on any atom is -0.478 e. The van der Waals surface area contributed by atoms with Crippen molar-refractivity contribution in [2.24, 2.45) is 0 Å². The lowest BCUT2D eigenvalue weighted by Gasteiger charge is -2.03. The van der Waals surface area contributed by atoms with Gasteiger partial charge in [-0.15, -0.1) is 0 Å². The number of carbonyl (C=O) groups is 1. The predicted molar refractivity (Wildman–Crippen MR) is 56.4 cm³/mol. The van der Waals surface area contributed by atoms with Gasteiger partial charge in [-0.05, 0) is 28.1 Å². The third-order valence-corrected chi connectivity index (χ3v) is 2.64. The number of aromatic carboxylic acids is 1. The first kappa shape index (κ1) is 9.15. The standard InChI is InChI=1S/C10H6BrNO2/c11-8-2-1-6-5-12-4-3-7(6)9(8)10(13)14/h1-5H,(H,13,14). The second kappa shape index (κ2) is 3.38. The van der Waals surface area contributed by atoms with Crippen LogP contribution < -0.4 is 0 Å². The summed E-state index contributed by atoms with van der Waals surface area (Å²) < 4.78 is 0.587. The highest BCUT2D eigenvalue weighted by molar-refractivity contribution is 9.10. The average molecular weight is 252 g/mol. The molecule has 2 rings (SSSR count). The molecule has 70 valence electrons. The fourth-order valence-electron chi connectivity index (χ4n) is 1.36. The lowest BCUT2D eigenvalue weighted by molar-refractivity contribution is 0.0698. The highest BCUT2D eigenvalue weighted by atomic mass is 79.9. The molecule has 0 saturated heterocycles. The number of halogens is 1. The molecule has 1 heterocycles. The van der Waals surface area contributed by atoms with Crippen molar-refractivity contribution in [2.75, 3.05) is 0 Å². The number of rotatable bonds is 1. The van der Waals surface area contributed by atoms with E-state index < -0.39 is 5.97 Å². The van der Waals surface area contributed by atoms with Crippen LogP contribution in [0.3, 0.4) is 0 Å². The Kier molecular flexibility index (Phi) is 2.21. The lowest BCUT2D eigenvalue weighted by Crippen LogP contribution is -1.98. The van der Waals surface area contributed by atoms with Crippen LogP contribution in [0.1, 0.15) is 10.4 Å². The van der Waals surface area contributed by atoms with Crippen molar-refractivity contribution in [3.05, 3.63) is 40.6 Å². The van der Waals surface area contributed by atoms with Crippen molar-refractivity contribution in [1.82, 2.24) is 4.98 Å². The maximum Gasteiger partial charge on any atom is 0.337 e. The van der Waals surface area contributed by atoms with Gasteiger partial charge in [-0.3, -0.25) is 4.98 Å². The van der Waals surface area contributed by atoms with Crippen LogP contribution in [0.2, 0.25) is 0 Å². The lowest BCUT2D eigenvalue weighted by atomic mass is 10.1. The maximum absolute atomic E-state index is 11.0. The summed E-state index contributed by atoms with van der Waals surface area (Å²) in [4.78, 5) is 14.9. The van der Waals surface area contributed by atoms with Gasteiger partial charge in [0.25, 0.3) is 0 Å². The first-order chi connectivity index (χ1) is 6.70. The Morgan fingerprint density at radius 2 is 2.14 bits per heavy atom. The Morgan fingerprint density at radius 3 is 2.86 bits per heavy atom. The summed E-state index contributed by atoms with van der Waals surface area (Å²) in [5.74, 6) is -0.936. The fourth-order valence-corrected chi connectivity index (χ4v) is 1.87. The van der Waals surface area contributed by atoms with Gasteiger partial charge in [0.2, 0.25) is 0 Å². The molecule has 0 unspecified atom stereocenters. The average Bonchev–Trinajstić information content (AvgIpc) is 2.17. The summed E-state index contributed by atoms with van der Waals surface area (Å²) in [6.45, 7) is 0. The van der Waals surface area contributed by atoms with E-state index in [4.69, 9.17) is 5.11 Å². The molecule has 0 aliphatic heterocycles. The molecule has 1 aromatic heterocycles. The second-order valence-electron chi connectivity index (χ2n) is 2.82. The summed E-state index contributed by atoms with van der Waals surface area (Å²) in [5, 5.41) is 10.5. The molecule has 0 aliphatic rings. The number of carboxylic acids is 1. The van der Waals surface area contributed by atoms with Crippen LogP contribution in [-0.4, -0.2) is 16.1 Å². The van der Waals surface area contributed by atoms with E-state index in [9.17, 15) is 4.79 Å². The van der Waals surface area contributed by atoms with Crippen LogP contribution in [0.25, 0.3) is 10.8 Å². The zero-order chi connectivity index (χ0) is 10.1. The molecule has 0 bridgehead atoms. The molecule has 1 aromatic carbocycles. The first-order valence-corrected chi connectivity index (χ1v) is 4.75. The van der Waals surface area contributed by atoms with Gasteiger partial charge < -0.3 is 5.11 Å². The van der Waals surface area contributed by atoms with Gasteiger partial charge in [0.1, 0.15) is 0 Å². The van der Waals surface area contributed by atoms with Crippen molar-refractivity contribution in [3.63, 3.8) is 0 Å². The van der Waals surface area contributed by atoms with Gasteiger partial charge in [0, 0.05) is 27.6 Å². The molecule has 2 aromatic rings. The van der Waals surface area contributed by atoms with Crippen molar-refractivity contribution in [1.29, 1.82) is 0 Å². The number of pyridine rings is 1. The van der Waals surface area contributed by atoms with Crippen LogP contribution in [0.4, 0.5) is 0 Å². The summed E-state index contributed by atoms with van der Waals surface area (Å²) in [6.07, 6.45) is 3.23. The Balaban J connectivity index is 2.90. The zero-order valence-corrected chi connectivity index (χ0v) is 8.65.